The van der Waals surface area contributed by atoms with E-state index in [-0.39, 0.29) is 5.75 Å². The van der Waals surface area contributed by atoms with Gasteiger partial charge in [0.05, 0.1) is 18.6 Å². The minimum absolute atomic E-state index is 0.172. The normalized spacial score (nSPS) is 11.3. The zero-order chi connectivity index (χ0) is 14.3. The van der Waals surface area contributed by atoms with E-state index in [1.807, 2.05) is 31.3 Å². The molecule has 5 nitrogen and oxygen atoms in total. The molecule has 0 heterocycles. The average molecular weight is 286 g/mol. The van der Waals surface area contributed by atoms with Crippen molar-refractivity contribution in [3.8, 4) is 5.75 Å². The standard InChI is InChI=1S/C13H22N2O3S/c1-15(10-8-14-9-11-19(3,16)17)12-6-4-5-7-13(12)18-2/h4-7,14H,8-11H2,1-3H3. The number of likely N-dealkylation sites (N-methyl/N-ethyl adjacent to an activating group) is 1. The van der Waals surface area contributed by atoms with Crippen molar-refractivity contribution in [3.63, 3.8) is 0 Å². The molecule has 0 amide bonds. The zero-order valence-corrected chi connectivity index (χ0v) is 12.5. The van der Waals surface area contributed by atoms with Gasteiger partial charge in [-0.1, -0.05) is 12.1 Å². The van der Waals surface area contributed by atoms with Crippen molar-refractivity contribution in [3.05, 3.63) is 24.3 Å². The second-order valence-electron chi connectivity index (χ2n) is 4.47. The molecule has 1 rings (SSSR count). The van der Waals surface area contributed by atoms with Crippen molar-refractivity contribution in [2.45, 2.75) is 0 Å². The molecule has 6 heteroatoms. The molecule has 19 heavy (non-hydrogen) atoms. The third kappa shape index (κ3) is 5.94. The first-order chi connectivity index (χ1) is 8.94. The number of hydrogen-bond acceptors (Lipinski definition) is 5. The minimum Gasteiger partial charge on any atom is -0.495 e. The van der Waals surface area contributed by atoms with Crippen molar-refractivity contribution in [1.29, 1.82) is 0 Å². The van der Waals surface area contributed by atoms with Gasteiger partial charge in [-0.05, 0) is 12.1 Å². The van der Waals surface area contributed by atoms with Gasteiger partial charge in [0.15, 0.2) is 0 Å². The van der Waals surface area contributed by atoms with Gasteiger partial charge in [-0.25, -0.2) is 8.42 Å². The van der Waals surface area contributed by atoms with Crippen LogP contribution in [-0.2, 0) is 9.84 Å². The maximum Gasteiger partial charge on any atom is 0.148 e. The average Bonchev–Trinajstić information content (AvgIpc) is 2.36. The van der Waals surface area contributed by atoms with E-state index in [0.717, 1.165) is 24.5 Å². The minimum atomic E-state index is -2.88. The third-order valence-electron chi connectivity index (χ3n) is 2.77. The first-order valence-corrected chi connectivity index (χ1v) is 8.22. The third-order valence-corrected chi connectivity index (χ3v) is 3.72. The molecular formula is C13H22N2O3S. The van der Waals surface area contributed by atoms with E-state index in [2.05, 4.69) is 10.2 Å². The fourth-order valence-corrected chi connectivity index (χ4v) is 2.21. The molecule has 0 aliphatic rings. The molecular weight excluding hydrogens is 264 g/mol. The molecule has 0 aromatic heterocycles. The summed E-state index contributed by atoms with van der Waals surface area (Å²) in [5.41, 5.74) is 1.02. The smallest absolute Gasteiger partial charge is 0.148 e. The number of rotatable bonds is 8. The van der Waals surface area contributed by atoms with Gasteiger partial charge in [-0.3, -0.25) is 0 Å². The summed E-state index contributed by atoms with van der Waals surface area (Å²) in [7, 11) is 0.748. The molecule has 0 saturated carbocycles. The molecule has 0 atom stereocenters. The summed E-state index contributed by atoms with van der Waals surface area (Å²) in [6.45, 7) is 1.99. The van der Waals surface area contributed by atoms with Crippen LogP contribution in [0.5, 0.6) is 5.75 Å². The molecule has 0 fully saturated rings. The van der Waals surface area contributed by atoms with E-state index in [4.69, 9.17) is 4.74 Å². The Morgan fingerprint density at radius 1 is 1.26 bits per heavy atom. The second kappa shape index (κ2) is 7.35. The number of para-hydroxylation sites is 2. The number of sulfone groups is 1. The molecule has 1 aromatic carbocycles. The van der Waals surface area contributed by atoms with E-state index in [1.165, 1.54) is 6.26 Å². The van der Waals surface area contributed by atoms with Crippen molar-refractivity contribution in [1.82, 2.24) is 5.32 Å². The first-order valence-electron chi connectivity index (χ1n) is 6.16. The summed E-state index contributed by atoms with van der Waals surface area (Å²) in [6, 6.07) is 7.81. The lowest BCUT2D eigenvalue weighted by molar-refractivity contribution is 0.415. The fourth-order valence-electron chi connectivity index (χ4n) is 1.69. The Hall–Kier alpha value is -1.27. The Bertz CT molecular complexity index is 488. The van der Waals surface area contributed by atoms with E-state index < -0.39 is 9.84 Å². The van der Waals surface area contributed by atoms with Crippen LogP contribution in [0.3, 0.4) is 0 Å². The van der Waals surface area contributed by atoms with Gasteiger partial charge < -0.3 is 15.0 Å². The Morgan fingerprint density at radius 3 is 2.58 bits per heavy atom. The lowest BCUT2D eigenvalue weighted by Gasteiger charge is -2.21. The lowest BCUT2D eigenvalue weighted by Crippen LogP contribution is -2.31. The van der Waals surface area contributed by atoms with Crippen molar-refractivity contribution >= 4 is 15.5 Å². The SMILES string of the molecule is COc1ccccc1N(C)CCNCCS(C)(=O)=O. The predicted octanol–water partition coefficient (Wildman–Crippen LogP) is 0.766. The summed E-state index contributed by atoms with van der Waals surface area (Å²) < 4.78 is 27.2. The predicted molar refractivity (Wildman–Crippen MR) is 78.8 cm³/mol. The van der Waals surface area contributed by atoms with Crippen LogP contribution >= 0.6 is 0 Å². The van der Waals surface area contributed by atoms with Gasteiger partial charge in [0.1, 0.15) is 15.6 Å². The van der Waals surface area contributed by atoms with Gasteiger partial charge >= 0.3 is 0 Å². The van der Waals surface area contributed by atoms with E-state index >= 15 is 0 Å². The van der Waals surface area contributed by atoms with Gasteiger partial charge in [0.25, 0.3) is 0 Å². The van der Waals surface area contributed by atoms with E-state index in [0.29, 0.717) is 6.54 Å². The highest BCUT2D eigenvalue weighted by molar-refractivity contribution is 7.90. The molecule has 0 aliphatic heterocycles. The zero-order valence-electron chi connectivity index (χ0n) is 11.7. The first kappa shape index (κ1) is 15.8. The summed E-state index contributed by atoms with van der Waals surface area (Å²) in [6.07, 6.45) is 1.25. The largest absolute Gasteiger partial charge is 0.495 e. The highest BCUT2D eigenvalue weighted by Gasteiger charge is 2.06. The Labute approximate surface area is 115 Å². The van der Waals surface area contributed by atoms with Gasteiger partial charge in [0.2, 0.25) is 0 Å². The van der Waals surface area contributed by atoms with Crippen LogP contribution in [0.2, 0.25) is 0 Å². The van der Waals surface area contributed by atoms with Gasteiger partial charge in [-0.2, -0.15) is 0 Å². The number of benzene rings is 1. The van der Waals surface area contributed by atoms with E-state index in [1.54, 1.807) is 7.11 Å². The molecule has 1 N–H and O–H groups in total. The number of nitrogens with one attached hydrogen (secondary N) is 1. The maximum atomic E-state index is 11.0. The Morgan fingerprint density at radius 2 is 1.95 bits per heavy atom. The fraction of sp³-hybridized carbons (Fsp3) is 0.538. The summed E-state index contributed by atoms with van der Waals surface area (Å²) >= 11 is 0. The van der Waals surface area contributed by atoms with Crippen molar-refractivity contribution in [2.75, 3.05) is 50.7 Å². The van der Waals surface area contributed by atoms with Crippen LogP contribution in [0, 0.1) is 0 Å². The van der Waals surface area contributed by atoms with Gasteiger partial charge in [-0.15, -0.1) is 0 Å². The number of nitrogens with zero attached hydrogens (tertiary/aromatic N) is 1. The molecule has 0 radical (unpaired) electrons. The molecule has 1 aromatic rings. The molecule has 0 bridgehead atoms. The summed E-state index contributed by atoms with van der Waals surface area (Å²) in [5.74, 6) is 1.01. The quantitative estimate of drug-likeness (QED) is 0.715. The van der Waals surface area contributed by atoms with Gasteiger partial charge in [0, 0.05) is 32.9 Å². The number of anilines is 1. The Balaban J connectivity index is 2.37. The maximum absolute atomic E-state index is 11.0. The van der Waals surface area contributed by atoms with E-state index in [9.17, 15) is 8.42 Å². The van der Waals surface area contributed by atoms with Crippen LogP contribution in [-0.4, -0.2) is 54.2 Å². The lowest BCUT2D eigenvalue weighted by atomic mass is 10.2. The Kier molecular flexibility index (Phi) is 6.11. The summed E-state index contributed by atoms with van der Waals surface area (Å²) in [4.78, 5) is 2.08. The monoisotopic (exact) mass is 286 g/mol. The van der Waals surface area contributed by atoms with Crippen molar-refractivity contribution < 1.29 is 13.2 Å². The molecule has 0 saturated heterocycles. The van der Waals surface area contributed by atoms with Crippen LogP contribution in [0.1, 0.15) is 0 Å². The molecule has 108 valence electrons. The molecule has 0 unspecified atom stereocenters. The van der Waals surface area contributed by atoms with Crippen LogP contribution < -0.4 is 15.0 Å². The number of hydrogen-bond donors (Lipinski definition) is 1. The van der Waals surface area contributed by atoms with Crippen LogP contribution in [0.25, 0.3) is 0 Å². The van der Waals surface area contributed by atoms with Crippen LogP contribution in [0.4, 0.5) is 5.69 Å². The van der Waals surface area contributed by atoms with Crippen LogP contribution in [0.15, 0.2) is 24.3 Å². The second-order valence-corrected chi connectivity index (χ2v) is 6.73. The highest BCUT2D eigenvalue weighted by Crippen LogP contribution is 2.25. The number of methoxy groups -OCH3 is 1. The number of ether oxygens (including phenoxy) is 1. The molecule has 0 aliphatic carbocycles. The highest BCUT2D eigenvalue weighted by atomic mass is 32.2. The van der Waals surface area contributed by atoms with Crippen molar-refractivity contribution in [2.24, 2.45) is 0 Å². The topological polar surface area (TPSA) is 58.6 Å². The molecule has 0 spiro atoms. The summed E-state index contributed by atoms with van der Waals surface area (Å²) in [5, 5.41) is 3.12.